The van der Waals surface area contributed by atoms with Gasteiger partial charge in [0.15, 0.2) is 0 Å². The second-order valence-corrected chi connectivity index (χ2v) is 5.19. The summed E-state index contributed by atoms with van der Waals surface area (Å²) >= 11 is 5.98. The van der Waals surface area contributed by atoms with E-state index < -0.39 is 17.8 Å². The second kappa shape index (κ2) is 5.93. The number of aliphatic carboxylic acids is 1. The van der Waals surface area contributed by atoms with E-state index in [-0.39, 0.29) is 10.9 Å². The lowest BCUT2D eigenvalue weighted by Crippen LogP contribution is -2.30. The molecule has 2 unspecified atom stereocenters. The Morgan fingerprint density at radius 2 is 2.05 bits per heavy atom. The van der Waals surface area contributed by atoms with Gasteiger partial charge < -0.3 is 10.4 Å². The number of carbonyl (C=O) groups is 2. The number of anilines is 1. The summed E-state index contributed by atoms with van der Waals surface area (Å²) in [6, 6.07) is 6.50. The minimum Gasteiger partial charge on any atom is -0.481 e. The lowest BCUT2D eigenvalue weighted by molar-refractivity contribution is -0.145. The number of nitrogens with zero attached hydrogens (tertiary/aromatic N) is 1. The van der Waals surface area contributed by atoms with Crippen LogP contribution < -0.4 is 5.32 Å². The van der Waals surface area contributed by atoms with Crippen molar-refractivity contribution in [3.63, 3.8) is 0 Å². The van der Waals surface area contributed by atoms with E-state index in [0.717, 1.165) is 6.42 Å². The molecule has 6 heteroatoms. The molecular formula is C14H13ClN2O3. The highest BCUT2D eigenvalue weighted by Gasteiger charge is 2.37. The molecule has 2 N–H and O–H groups in total. The van der Waals surface area contributed by atoms with E-state index >= 15 is 0 Å². The summed E-state index contributed by atoms with van der Waals surface area (Å²) in [4.78, 5) is 23.2. The zero-order valence-corrected chi connectivity index (χ0v) is 11.4. The van der Waals surface area contributed by atoms with Gasteiger partial charge in [0.05, 0.1) is 34.2 Å². The Labute approximate surface area is 121 Å². The Hall–Kier alpha value is -2.06. The van der Waals surface area contributed by atoms with Gasteiger partial charge in [-0.25, -0.2) is 0 Å². The molecule has 2 rings (SSSR count). The first kappa shape index (κ1) is 14.4. The van der Waals surface area contributed by atoms with Crippen LogP contribution in [0, 0.1) is 23.2 Å². The number of rotatable bonds is 3. The average molecular weight is 293 g/mol. The summed E-state index contributed by atoms with van der Waals surface area (Å²) in [5, 5.41) is 20.7. The van der Waals surface area contributed by atoms with E-state index in [1.807, 2.05) is 6.07 Å². The van der Waals surface area contributed by atoms with Gasteiger partial charge in [0.25, 0.3) is 0 Å². The molecule has 0 aromatic heterocycles. The van der Waals surface area contributed by atoms with Crippen molar-refractivity contribution in [1.29, 1.82) is 5.26 Å². The number of carboxylic acid groups (broad SMARTS) is 1. The molecule has 1 saturated carbocycles. The fourth-order valence-corrected chi connectivity index (χ4v) is 2.71. The van der Waals surface area contributed by atoms with Crippen molar-refractivity contribution in [2.75, 3.05) is 5.32 Å². The van der Waals surface area contributed by atoms with Gasteiger partial charge in [-0.2, -0.15) is 5.26 Å². The molecule has 0 aliphatic heterocycles. The molecule has 0 radical (unpaired) electrons. The fourth-order valence-electron chi connectivity index (χ4n) is 2.48. The van der Waals surface area contributed by atoms with E-state index in [1.54, 1.807) is 12.1 Å². The lowest BCUT2D eigenvalue weighted by Gasteiger charge is -2.16. The monoisotopic (exact) mass is 292 g/mol. The quantitative estimate of drug-likeness (QED) is 0.896. The van der Waals surface area contributed by atoms with Crippen molar-refractivity contribution in [3.05, 3.63) is 28.8 Å². The zero-order valence-electron chi connectivity index (χ0n) is 10.6. The molecule has 2 atom stereocenters. The molecule has 0 heterocycles. The van der Waals surface area contributed by atoms with Crippen molar-refractivity contribution in [2.45, 2.75) is 19.3 Å². The number of nitriles is 1. The standard InChI is InChI=1S/C14H13ClN2O3/c15-11-6-8(7-16)4-5-12(11)17-13(18)9-2-1-3-10(9)14(19)20/h4-6,9-10H,1-3H2,(H,17,18)(H,19,20). The Morgan fingerprint density at radius 1 is 1.35 bits per heavy atom. The Morgan fingerprint density at radius 3 is 2.65 bits per heavy atom. The van der Waals surface area contributed by atoms with E-state index in [2.05, 4.69) is 5.32 Å². The van der Waals surface area contributed by atoms with Gasteiger partial charge >= 0.3 is 5.97 Å². The zero-order chi connectivity index (χ0) is 14.7. The molecule has 1 aliphatic carbocycles. The highest BCUT2D eigenvalue weighted by Crippen LogP contribution is 2.33. The average Bonchev–Trinajstić information content (AvgIpc) is 2.90. The predicted octanol–water partition coefficient (Wildman–Crippen LogP) is 2.65. The number of carboxylic acids is 1. The van der Waals surface area contributed by atoms with E-state index in [1.165, 1.54) is 6.07 Å². The topological polar surface area (TPSA) is 90.2 Å². The van der Waals surface area contributed by atoms with Crippen LogP contribution >= 0.6 is 11.6 Å². The summed E-state index contributed by atoms with van der Waals surface area (Å²) in [6.45, 7) is 0. The fraction of sp³-hybridized carbons (Fsp3) is 0.357. The summed E-state index contributed by atoms with van der Waals surface area (Å²) < 4.78 is 0. The normalized spacial score (nSPS) is 21.2. The molecule has 1 amide bonds. The minimum atomic E-state index is -0.937. The third kappa shape index (κ3) is 2.91. The van der Waals surface area contributed by atoms with Gasteiger partial charge in [0.2, 0.25) is 5.91 Å². The van der Waals surface area contributed by atoms with Crippen LogP contribution in [0.4, 0.5) is 5.69 Å². The van der Waals surface area contributed by atoms with Gasteiger partial charge in [-0.3, -0.25) is 9.59 Å². The number of hydrogen-bond acceptors (Lipinski definition) is 3. The second-order valence-electron chi connectivity index (χ2n) is 4.78. The van der Waals surface area contributed by atoms with Crippen molar-refractivity contribution >= 4 is 29.2 Å². The minimum absolute atomic E-state index is 0.266. The maximum atomic E-state index is 12.1. The molecule has 104 valence electrons. The molecule has 1 aromatic rings. The third-order valence-electron chi connectivity index (χ3n) is 3.53. The summed E-state index contributed by atoms with van der Waals surface area (Å²) in [5.74, 6) is -2.43. The third-order valence-corrected chi connectivity index (χ3v) is 3.84. The molecule has 1 aliphatic rings. The molecule has 1 aromatic carbocycles. The number of nitrogens with one attached hydrogen (secondary N) is 1. The van der Waals surface area contributed by atoms with E-state index in [9.17, 15) is 9.59 Å². The van der Waals surface area contributed by atoms with Crippen molar-refractivity contribution in [3.8, 4) is 6.07 Å². The maximum Gasteiger partial charge on any atom is 0.307 e. The van der Waals surface area contributed by atoms with E-state index in [0.29, 0.717) is 24.1 Å². The Bertz CT molecular complexity index is 595. The number of halogens is 1. The maximum absolute atomic E-state index is 12.1. The Kier molecular flexibility index (Phi) is 4.26. The van der Waals surface area contributed by atoms with Crippen LogP contribution in [0.3, 0.4) is 0 Å². The number of carbonyl (C=O) groups excluding carboxylic acids is 1. The number of hydrogen-bond donors (Lipinski definition) is 2. The molecule has 0 spiro atoms. The first-order valence-electron chi connectivity index (χ1n) is 6.26. The van der Waals surface area contributed by atoms with Crippen molar-refractivity contribution in [1.82, 2.24) is 0 Å². The van der Waals surface area contributed by atoms with E-state index in [4.69, 9.17) is 22.0 Å². The van der Waals surface area contributed by atoms with Gasteiger partial charge in [0.1, 0.15) is 0 Å². The lowest BCUT2D eigenvalue weighted by atomic mass is 9.95. The summed E-state index contributed by atoms with van der Waals surface area (Å²) in [7, 11) is 0. The van der Waals surface area contributed by atoms with Crippen LogP contribution in [-0.2, 0) is 9.59 Å². The highest BCUT2D eigenvalue weighted by atomic mass is 35.5. The van der Waals surface area contributed by atoms with Crippen LogP contribution in [0.2, 0.25) is 5.02 Å². The highest BCUT2D eigenvalue weighted by molar-refractivity contribution is 6.33. The molecule has 0 bridgehead atoms. The van der Waals surface area contributed by atoms with Crippen LogP contribution in [0.25, 0.3) is 0 Å². The van der Waals surface area contributed by atoms with Crippen molar-refractivity contribution in [2.24, 2.45) is 11.8 Å². The Balaban J connectivity index is 2.12. The van der Waals surface area contributed by atoms with Crippen LogP contribution in [0.5, 0.6) is 0 Å². The first-order chi connectivity index (χ1) is 9.52. The van der Waals surface area contributed by atoms with Crippen LogP contribution in [0.1, 0.15) is 24.8 Å². The molecule has 20 heavy (non-hydrogen) atoms. The largest absolute Gasteiger partial charge is 0.481 e. The smallest absolute Gasteiger partial charge is 0.307 e. The molecular weight excluding hydrogens is 280 g/mol. The molecule has 1 fully saturated rings. The van der Waals surface area contributed by atoms with Gasteiger partial charge in [-0.15, -0.1) is 0 Å². The van der Waals surface area contributed by atoms with Crippen LogP contribution in [-0.4, -0.2) is 17.0 Å². The number of benzene rings is 1. The number of amides is 1. The van der Waals surface area contributed by atoms with Crippen LogP contribution in [0.15, 0.2) is 18.2 Å². The summed E-state index contributed by atoms with van der Waals surface area (Å²) in [5.41, 5.74) is 0.795. The van der Waals surface area contributed by atoms with Gasteiger partial charge in [-0.05, 0) is 31.0 Å². The summed E-state index contributed by atoms with van der Waals surface area (Å²) in [6.07, 6.45) is 1.82. The van der Waals surface area contributed by atoms with Gasteiger partial charge in [-0.1, -0.05) is 18.0 Å². The van der Waals surface area contributed by atoms with Gasteiger partial charge in [0, 0.05) is 0 Å². The molecule has 0 saturated heterocycles. The molecule has 5 nitrogen and oxygen atoms in total. The SMILES string of the molecule is N#Cc1ccc(NC(=O)C2CCCC2C(=O)O)c(Cl)c1. The predicted molar refractivity (Wildman–Crippen MR) is 73.3 cm³/mol. The van der Waals surface area contributed by atoms with Crippen molar-refractivity contribution < 1.29 is 14.7 Å². The first-order valence-corrected chi connectivity index (χ1v) is 6.64.